The Kier molecular flexibility index (Phi) is 9.35. The van der Waals surface area contributed by atoms with Gasteiger partial charge < -0.3 is 25.3 Å². The van der Waals surface area contributed by atoms with E-state index in [9.17, 15) is 14.7 Å². The van der Waals surface area contributed by atoms with Crippen LogP contribution < -0.4 is 10.2 Å². The summed E-state index contributed by atoms with van der Waals surface area (Å²) >= 11 is 0. The SMILES string of the molecule is CN(CC(O)CO)C(=O)c1ccc2c(c1)CNCCCCCCCN2C(=O)c1cccnc1. The second-order valence-electron chi connectivity index (χ2n) is 8.51. The van der Waals surface area contributed by atoms with Gasteiger partial charge in [0.15, 0.2) is 0 Å². The van der Waals surface area contributed by atoms with Crippen molar-refractivity contribution >= 4 is 17.5 Å². The van der Waals surface area contributed by atoms with Crippen LogP contribution in [0.4, 0.5) is 5.69 Å². The van der Waals surface area contributed by atoms with Gasteiger partial charge >= 0.3 is 0 Å². The van der Waals surface area contributed by atoms with Gasteiger partial charge in [0.05, 0.1) is 18.3 Å². The summed E-state index contributed by atoms with van der Waals surface area (Å²) in [6.45, 7) is 1.64. The summed E-state index contributed by atoms with van der Waals surface area (Å²) in [5, 5.41) is 22.2. The number of benzene rings is 1. The van der Waals surface area contributed by atoms with Gasteiger partial charge in [-0.1, -0.05) is 19.3 Å². The third-order valence-electron chi connectivity index (χ3n) is 5.86. The smallest absolute Gasteiger partial charge is 0.259 e. The number of likely N-dealkylation sites (N-methyl/N-ethyl adjacent to an activating group) is 1. The molecule has 0 saturated carbocycles. The Morgan fingerprint density at radius 3 is 2.70 bits per heavy atom. The van der Waals surface area contributed by atoms with Crippen molar-refractivity contribution in [3.63, 3.8) is 0 Å². The van der Waals surface area contributed by atoms with E-state index in [0.717, 1.165) is 49.9 Å². The molecule has 1 atom stereocenters. The van der Waals surface area contributed by atoms with Gasteiger partial charge in [0.2, 0.25) is 0 Å². The first-order valence-corrected chi connectivity index (χ1v) is 11.6. The first-order chi connectivity index (χ1) is 16.0. The molecule has 1 aliphatic rings. The number of pyridine rings is 1. The third kappa shape index (κ3) is 6.83. The Morgan fingerprint density at radius 1 is 1.15 bits per heavy atom. The van der Waals surface area contributed by atoms with E-state index in [2.05, 4.69) is 10.3 Å². The number of carbonyl (C=O) groups is 2. The zero-order chi connectivity index (χ0) is 23.6. The number of hydrogen-bond donors (Lipinski definition) is 3. The van der Waals surface area contributed by atoms with E-state index in [1.165, 1.54) is 4.90 Å². The van der Waals surface area contributed by atoms with Crippen LogP contribution in [-0.4, -0.2) is 71.3 Å². The normalized spacial score (nSPS) is 16.2. The molecule has 0 fully saturated rings. The first-order valence-electron chi connectivity index (χ1n) is 11.6. The number of nitrogens with zero attached hydrogens (tertiary/aromatic N) is 3. The lowest BCUT2D eigenvalue weighted by Gasteiger charge is -2.27. The number of hydrogen-bond acceptors (Lipinski definition) is 6. The molecule has 0 bridgehead atoms. The van der Waals surface area contributed by atoms with Crippen LogP contribution in [0.3, 0.4) is 0 Å². The first kappa shape index (κ1) is 24.8. The zero-order valence-corrected chi connectivity index (χ0v) is 19.2. The predicted octanol–water partition coefficient (Wildman–Crippen LogP) is 2.21. The van der Waals surface area contributed by atoms with Crippen molar-refractivity contribution in [2.75, 3.05) is 38.2 Å². The number of aliphatic hydroxyl groups excluding tert-OH is 2. The highest BCUT2D eigenvalue weighted by atomic mass is 16.3. The van der Waals surface area contributed by atoms with Crippen LogP contribution in [-0.2, 0) is 6.54 Å². The predicted molar refractivity (Wildman–Crippen MR) is 127 cm³/mol. The summed E-state index contributed by atoms with van der Waals surface area (Å²) in [7, 11) is 1.59. The lowest BCUT2D eigenvalue weighted by Crippen LogP contribution is -2.36. The van der Waals surface area contributed by atoms with Crippen LogP contribution in [0.2, 0.25) is 0 Å². The minimum atomic E-state index is -0.988. The summed E-state index contributed by atoms with van der Waals surface area (Å²) < 4.78 is 0. The van der Waals surface area contributed by atoms with Crippen LogP contribution >= 0.6 is 0 Å². The van der Waals surface area contributed by atoms with Gasteiger partial charge in [0.25, 0.3) is 11.8 Å². The molecular formula is C25H34N4O4. The second-order valence-corrected chi connectivity index (χ2v) is 8.51. The molecule has 0 radical (unpaired) electrons. The number of carbonyl (C=O) groups excluding carboxylic acids is 2. The fraction of sp³-hybridized carbons (Fsp3) is 0.480. The van der Waals surface area contributed by atoms with Crippen molar-refractivity contribution in [1.82, 2.24) is 15.2 Å². The van der Waals surface area contributed by atoms with E-state index < -0.39 is 12.7 Å². The summed E-state index contributed by atoms with van der Waals surface area (Å²) in [5.41, 5.74) is 2.66. The van der Waals surface area contributed by atoms with Crippen LogP contribution in [0.15, 0.2) is 42.7 Å². The molecule has 3 N–H and O–H groups in total. The molecule has 1 aromatic carbocycles. The largest absolute Gasteiger partial charge is 0.394 e. The fourth-order valence-electron chi connectivity index (χ4n) is 4.05. The Hall–Kier alpha value is -2.81. The molecule has 0 saturated heterocycles. The van der Waals surface area contributed by atoms with Gasteiger partial charge in [-0.25, -0.2) is 0 Å². The third-order valence-corrected chi connectivity index (χ3v) is 5.86. The molecule has 2 aromatic rings. The van der Waals surface area contributed by atoms with Crippen molar-refractivity contribution in [3.05, 3.63) is 59.4 Å². The maximum Gasteiger partial charge on any atom is 0.259 e. The van der Waals surface area contributed by atoms with Crippen LogP contribution in [0.5, 0.6) is 0 Å². The molecule has 1 aliphatic heterocycles. The lowest BCUT2D eigenvalue weighted by molar-refractivity contribution is 0.0520. The number of aromatic nitrogens is 1. The van der Waals surface area contributed by atoms with Gasteiger partial charge in [-0.3, -0.25) is 14.6 Å². The van der Waals surface area contributed by atoms with Crippen molar-refractivity contribution in [2.24, 2.45) is 0 Å². The number of aliphatic hydroxyl groups is 2. The van der Waals surface area contributed by atoms with Crippen molar-refractivity contribution in [3.8, 4) is 0 Å². The minimum absolute atomic E-state index is 0.0380. The van der Waals surface area contributed by atoms with E-state index in [-0.39, 0.29) is 18.4 Å². The van der Waals surface area contributed by atoms with Gasteiger partial charge in [-0.05, 0) is 55.3 Å². The maximum absolute atomic E-state index is 13.4. The monoisotopic (exact) mass is 454 g/mol. The standard InChI is InChI=1S/C25H34N4O4/c1-28(17-22(31)18-30)24(32)19-9-10-23-21(14-19)16-26-11-5-3-2-4-6-13-29(23)25(33)20-8-7-12-27-15-20/h7-10,12,14-15,22,26,30-31H,2-6,11,13,16-18H2,1H3. The van der Waals surface area contributed by atoms with Gasteiger partial charge in [0.1, 0.15) is 0 Å². The zero-order valence-electron chi connectivity index (χ0n) is 19.2. The number of amides is 2. The van der Waals surface area contributed by atoms with E-state index >= 15 is 0 Å². The molecule has 0 aliphatic carbocycles. The lowest BCUT2D eigenvalue weighted by atomic mass is 10.0. The Morgan fingerprint density at radius 2 is 1.94 bits per heavy atom. The van der Waals surface area contributed by atoms with Gasteiger partial charge in [-0.15, -0.1) is 0 Å². The summed E-state index contributed by atoms with van der Waals surface area (Å²) in [5.74, 6) is -0.356. The van der Waals surface area contributed by atoms with Crippen molar-refractivity contribution < 1.29 is 19.8 Å². The van der Waals surface area contributed by atoms with Gasteiger partial charge in [-0.2, -0.15) is 0 Å². The van der Waals surface area contributed by atoms with Crippen molar-refractivity contribution in [1.29, 1.82) is 0 Å². The average molecular weight is 455 g/mol. The number of fused-ring (bicyclic) bond motifs is 1. The molecule has 8 heteroatoms. The van der Waals surface area contributed by atoms with Gasteiger partial charge in [0, 0.05) is 50.3 Å². The van der Waals surface area contributed by atoms with Crippen LogP contribution in [0.1, 0.15) is 58.4 Å². The van der Waals surface area contributed by atoms with E-state index in [0.29, 0.717) is 24.2 Å². The molecule has 33 heavy (non-hydrogen) atoms. The van der Waals surface area contributed by atoms with Crippen molar-refractivity contribution in [2.45, 2.75) is 44.8 Å². The fourth-order valence-corrected chi connectivity index (χ4v) is 4.05. The molecule has 8 nitrogen and oxygen atoms in total. The maximum atomic E-state index is 13.4. The molecule has 178 valence electrons. The highest BCUT2D eigenvalue weighted by Crippen LogP contribution is 2.26. The quantitative estimate of drug-likeness (QED) is 0.640. The highest BCUT2D eigenvalue weighted by molar-refractivity contribution is 6.06. The Balaban J connectivity index is 1.94. The van der Waals surface area contributed by atoms with E-state index in [4.69, 9.17) is 5.11 Å². The molecule has 0 spiro atoms. The topological polar surface area (TPSA) is 106 Å². The molecule has 3 rings (SSSR count). The van der Waals surface area contributed by atoms with Crippen LogP contribution in [0.25, 0.3) is 0 Å². The summed E-state index contributed by atoms with van der Waals surface area (Å²) in [4.78, 5) is 33.6. The molecule has 2 amide bonds. The van der Waals surface area contributed by atoms with E-state index in [1.54, 1.807) is 42.5 Å². The summed E-state index contributed by atoms with van der Waals surface area (Å²) in [6.07, 6.45) is 7.58. The molecule has 1 unspecified atom stereocenters. The Bertz CT molecular complexity index is 922. The summed E-state index contributed by atoms with van der Waals surface area (Å²) in [6, 6.07) is 8.90. The average Bonchev–Trinajstić information content (AvgIpc) is 2.84. The molecular weight excluding hydrogens is 420 g/mol. The Labute approximate surface area is 195 Å². The molecule has 1 aromatic heterocycles. The van der Waals surface area contributed by atoms with E-state index in [1.807, 2.05) is 12.1 Å². The second kappa shape index (κ2) is 12.4. The molecule has 2 heterocycles. The number of rotatable bonds is 5. The number of nitrogens with one attached hydrogen (secondary N) is 1. The van der Waals surface area contributed by atoms with Crippen LogP contribution in [0, 0.1) is 0 Å². The number of anilines is 1. The minimum Gasteiger partial charge on any atom is -0.394 e. The highest BCUT2D eigenvalue weighted by Gasteiger charge is 2.23.